The first-order chi connectivity index (χ1) is 8.45. The van der Waals surface area contributed by atoms with Gasteiger partial charge in [0.05, 0.1) is 13.2 Å². The molecule has 0 radical (unpaired) electrons. The minimum atomic E-state index is 0.00966. The Morgan fingerprint density at radius 3 is 2.59 bits per heavy atom. The van der Waals surface area contributed by atoms with E-state index in [9.17, 15) is 0 Å². The molecular formula is C13H24O4. The Morgan fingerprint density at radius 2 is 1.82 bits per heavy atom. The zero-order valence-corrected chi connectivity index (χ0v) is 10.6. The van der Waals surface area contributed by atoms with Gasteiger partial charge in [-0.1, -0.05) is 0 Å². The summed E-state index contributed by atoms with van der Waals surface area (Å²) in [6, 6.07) is 0. The third-order valence-corrected chi connectivity index (χ3v) is 3.36. The van der Waals surface area contributed by atoms with E-state index < -0.39 is 0 Å². The van der Waals surface area contributed by atoms with Crippen molar-refractivity contribution in [1.29, 1.82) is 0 Å². The van der Waals surface area contributed by atoms with Gasteiger partial charge in [0.2, 0.25) is 0 Å². The standard InChI is InChI=1S/C13H24O4/c1-2-6-16-13(3-1)17-10-9-15-11-12-4-7-14-8-5-12/h12-13H,1-11H2. The van der Waals surface area contributed by atoms with E-state index in [-0.39, 0.29) is 6.29 Å². The summed E-state index contributed by atoms with van der Waals surface area (Å²) in [6.45, 7) is 4.79. The fourth-order valence-corrected chi connectivity index (χ4v) is 2.24. The Bertz CT molecular complexity index is 166. The first kappa shape index (κ1) is 13.3. The van der Waals surface area contributed by atoms with Gasteiger partial charge in [-0.05, 0) is 38.0 Å². The SMILES string of the molecule is C1CCC(OCCOCC2CCOCC2)OC1. The van der Waals surface area contributed by atoms with Crippen molar-refractivity contribution in [2.75, 3.05) is 39.6 Å². The van der Waals surface area contributed by atoms with Gasteiger partial charge in [0.25, 0.3) is 0 Å². The highest BCUT2D eigenvalue weighted by Gasteiger charge is 2.15. The minimum Gasteiger partial charge on any atom is -0.381 e. The molecule has 2 fully saturated rings. The predicted octanol–water partition coefficient (Wildman–Crippen LogP) is 1.97. The van der Waals surface area contributed by atoms with Gasteiger partial charge in [0.1, 0.15) is 0 Å². The van der Waals surface area contributed by atoms with Crippen LogP contribution in [0.5, 0.6) is 0 Å². The Labute approximate surface area is 104 Å². The van der Waals surface area contributed by atoms with Crippen molar-refractivity contribution in [3.05, 3.63) is 0 Å². The molecule has 2 heterocycles. The molecule has 0 amide bonds. The second-order valence-electron chi connectivity index (χ2n) is 4.80. The zero-order chi connectivity index (χ0) is 11.8. The molecule has 1 atom stereocenters. The van der Waals surface area contributed by atoms with Crippen LogP contribution in [-0.4, -0.2) is 45.9 Å². The third kappa shape index (κ3) is 5.34. The summed E-state index contributed by atoms with van der Waals surface area (Å²) in [5.41, 5.74) is 0. The Balaban J connectivity index is 1.42. The smallest absolute Gasteiger partial charge is 0.157 e. The summed E-state index contributed by atoms with van der Waals surface area (Å²) >= 11 is 0. The average molecular weight is 244 g/mol. The first-order valence-electron chi connectivity index (χ1n) is 6.84. The lowest BCUT2D eigenvalue weighted by Crippen LogP contribution is -2.25. The van der Waals surface area contributed by atoms with Crippen LogP contribution >= 0.6 is 0 Å². The second kappa shape index (κ2) is 8.03. The van der Waals surface area contributed by atoms with Gasteiger partial charge in [0.15, 0.2) is 6.29 Å². The van der Waals surface area contributed by atoms with Crippen LogP contribution in [0.25, 0.3) is 0 Å². The quantitative estimate of drug-likeness (QED) is 0.669. The number of rotatable bonds is 6. The van der Waals surface area contributed by atoms with E-state index in [0.29, 0.717) is 19.1 Å². The van der Waals surface area contributed by atoms with E-state index in [0.717, 1.165) is 45.7 Å². The maximum absolute atomic E-state index is 5.63. The van der Waals surface area contributed by atoms with Crippen molar-refractivity contribution in [2.24, 2.45) is 5.92 Å². The molecule has 4 heteroatoms. The predicted molar refractivity (Wildman–Crippen MR) is 63.9 cm³/mol. The average Bonchev–Trinajstić information content (AvgIpc) is 2.41. The molecule has 0 bridgehead atoms. The van der Waals surface area contributed by atoms with E-state index in [1.54, 1.807) is 0 Å². The maximum Gasteiger partial charge on any atom is 0.157 e. The van der Waals surface area contributed by atoms with Crippen LogP contribution < -0.4 is 0 Å². The van der Waals surface area contributed by atoms with Gasteiger partial charge in [-0.25, -0.2) is 0 Å². The Morgan fingerprint density at radius 1 is 0.941 bits per heavy atom. The molecule has 2 aliphatic heterocycles. The summed E-state index contributed by atoms with van der Waals surface area (Å²) in [5.74, 6) is 0.676. The van der Waals surface area contributed by atoms with Gasteiger partial charge in [-0.3, -0.25) is 0 Å². The van der Waals surface area contributed by atoms with E-state index in [1.165, 1.54) is 12.8 Å². The van der Waals surface area contributed by atoms with Crippen LogP contribution in [0.3, 0.4) is 0 Å². The molecule has 0 aromatic carbocycles. The zero-order valence-electron chi connectivity index (χ0n) is 10.6. The van der Waals surface area contributed by atoms with Crippen LogP contribution in [-0.2, 0) is 18.9 Å². The molecule has 2 aliphatic rings. The minimum absolute atomic E-state index is 0.00966. The molecule has 2 saturated heterocycles. The van der Waals surface area contributed by atoms with Gasteiger partial charge in [0, 0.05) is 26.4 Å². The highest BCUT2D eigenvalue weighted by Crippen LogP contribution is 2.15. The maximum atomic E-state index is 5.63. The molecule has 0 aromatic heterocycles. The summed E-state index contributed by atoms with van der Waals surface area (Å²) in [4.78, 5) is 0. The van der Waals surface area contributed by atoms with Crippen molar-refractivity contribution >= 4 is 0 Å². The lowest BCUT2D eigenvalue weighted by atomic mass is 10.0. The van der Waals surface area contributed by atoms with Gasteiger partial charge in [-0.15, -0.1) is 0 Å². The number of hydrogen-bond donors (Lipinski definition) is 0. The topological polar surface area (TPSA) is 36.9 Å². The van der Waals surface area contributed by atoms with Gasteiger partial charge >= 0.3 is 0 Å². The van der Waals surface area contributed by atoms with E-state index >= 15 is 0 Å². The largest absolute Gasteiger partial charge is 0.381 e. The van der Waals surface area contributed by atoms with Crippen LogP contribution in [0.1, 0.15) is 32.1 Å². The van der Waals surface area contributed by atoms with Gasteiger partial charge < -0.3 is 18.9 Å². The summed E-state index contributed by atoms with van der Waals surface area (Å²) < 4.78 is 22.0. The Hall–Kier alpha value is -0.160. The third-order valence-electron chi connectivity index (χ3n) is 3.36. The highest BCUT2D eigenvalue weighted by molar-refractivity contribution is 4.62. The monoisotopic (exact) mass is 244 g/mol. The van der Waals surface area contributed by atoms with E-state index in [4.69, 9.17) is 18.9 Å². The fourth-order valence-electron chi connectivity index (χ4n) is 2.24. The molecule has 0 aromatic rings. The number of ether oxygens (including phenoxy) is 4. The summed E-state index contributed by atoms with van der Waals surface area (Å²) in [5, 5.41) is 0. The van der Waals surface area contributed by atoms with Crippen molar-refractivity contribution in [3.8, 4) is 0 Å². The van der Waals surface area contributed by atoms with Crippen LogP contribution in [0.2, 0.25) is 0 Å². The summed E-state index contributed by atoms with van der Waals surface area (Å²) in [7, 11) is 0. The highest BCUT2D eigenvalue weighted by atomic mass is 16.7. The second-order valence-corrected chi connectivity index (χ2v) is 4.80. The summed E-state index contributed by atoms with van der Waals surface area (Å²) in [6.07, 6.45) is 5.68. The molecule has 4 nitrogen and oxygen atoms in total. The normalized spacial score (nSPS) is 27.2. The first-order valence-corrected chi connectivity index (χ1v) is 6.84. The van der Waals surface area contributed by atoms with E-state index in [1.807, 2.05) is 0 Å². The molecule has 0 spiro atoms. The molecule has 100 valence electrons. The Kier molecular flexibility index (Phi) is 6.27. The fraction of sp³-hybridized carbons (Fsp3) is 1.00. The lowest BCUT2D eigenvalue weighted by Gasteiger charge is -2.23. The van der Waals surface area contributed by atoms with Crippen molar-refractivity contribution < 1.29 is 18.9 Å². The molecule has 17 heavy (non-hydrogen) atoms. The van der Waals surface area contributed by atoms with Crippen molar-refractivity contribution in [3.63, 3.8) is 0 Å². The van der Waals surface area contributed by atoms with Crippen molar-refractivity contribution in [1.82, 2.24) is 0 Å². The molecule has 1 unspecified atom stereocenters. The molecule has 0 aliphatic carbocycles. The van der Waals surface area contributed by atoms with Crippen LogP contribution in [0, 0.1) is 5.92 Å². The van der Waals surface area contributed by atoms with Crippen molar-refractivity contribution in [2.45, 2.75) is 38.4 Å². The van der Waals surface area contributed by atoms with E-state index in [2.05, 4.69) is 0 Å². The van der Waals surface area contributed by atoms with Crippen LogP contribution in [0.15, 0.2) is 0 Å². The van der Waals surface area contributed by atoms with Crippen LogP contribution in [0.4, 0.5) is 0 Å². The molecule has 2 rings (SSSR count). The van der Waals surface area contributed by atoms with Gasteiger partial charge in [-0.2, -0.15) is 0 Å². The molecular weight excluding hydrogens is 220 g/mol. The molecule has 0 N–H and O–H groups in total. The lowest BCUT2D eigenvalue weighted by molar-refractivity contribution is -0.169. The number of hydrogen-bond acceptors (Lipinski definition) is 4. The molecule has 0 saturated carbocycles.